The molecule has 0 bridgehead atoms. The first kappa shape index (κ1) is 25.6. The van der Waals surface area contributed by atoms with E-state index in [0.29, 0.717) is 30.4 Å². The largest absolute Gasteiger partial charge is 0.490 e. The normalized spacial score (nSPS) is 20.1. The Hall–Kier alpha value is -4.62. The van der Waals surface area contributed by atoms with E-state index < -0.39 is 18.1 Å². The number of anilines is 2. The lowest BCUT2D eigenvalue weighted by atomic mass is 9.90. The highest BCUT2D eigenvalue weighted by atomic mass is 16.7. The fourth-order valence-electron chi connectivity index (χ4n) is 5.44. The van der Waals surface area contributed by atoms with Crippen LogP contribution in [0.3, 0.4) is 0 Å². The van der Waals surface area contributed by atoms with Crippen molar-refractivity contribution in [2.45, 2.75) is 32.6 Å². The van der Waals surface area contributed by atoms with Crippen molar-refractivity contribution in [3.63, 3.8) is 0 Å². The van der Waals surface area contributed by atoms with Gasteiger partial charge in [-0.3, -0.25) is 14.4 Å². The van der Waals surface area contributed by atoms with E-state index in [1.807, 2.05) is 111 Å². The van der Waals surface area contributed by atoms with Crippen molar-refractivity contribution in [2.24, 2.45) is 5.92 Å². The average Bonchev–Trinajstić information content (AvgIpc) is 3.49. The smallest absolute Gasteiger partial charge is 0.266 e. The predicted octanol–water partition coefficient (Wildman–Crippen LogP) is 6.02. The van der Waals surface area contributed by atoms with Crippen LogP contribution in [0.4, 0.5) is 11.4 Å². The van der Waals surface area contributed by atoms with E-state index in [9.17, 15) is 9.59 Å². The molecule has 202 valence electrons. The molecule has 0 radical (unpaired) electrons. The molecular formula is C33H30N2O5. The predicted molar refractivity (Wildman–Crippen MR) is 152 cm³/mol. The van der Waals surface area contributed by atoms with Crippen molar-refractivity contribution < 1.29 is 23.9 Å². The SMILES string of the molecule is CCOc1cc([C@@H]2[C@H]3C(=O)N(c4ccccc4C)C(=O)[C@H]3ON2c2ccccc2)ccc1OCc1ccccc1. The van der Waals surface area contributed by atoms with Crippen LogP contribution in [-0.4, -0.2) is 24.5 Å². The lowest BCUT2D eigenvalue weighted by molar-refractivity contribution is -0.126. The number of imide groups is 1. The Morgan fingerprint density at radius 1 is 0.775 bits per heavy atom. The standard InChI is InChI=1S/C33H30N2O5/c1-3-38-28-20-24(18-19-27(28)39-21-23-13-6-4-7-14-23)30-29-31(40-35(30)25-15-8-5-9-16-25)33(37)34(32(29)36)26-17-11-10-12-22(26)2/h4-20,29-31H,3,21H2,1-2H3/t29-,30-,31+/m1/s1. The third-order valence-corrected chi connectivity index (χ3v) is 7.33. The van der Waals surface area contributed by atoms with Crippen molar-refractivity contribution >= 4 is 23.2 Å². The molecule has 2 aliphatic rings. The van der Waals surface area contributed by atoms with Crippen molar-refractivity contribution in [3.8, 4) is 11.5 Å². The second-order valence-corrected chi connectivity index (χ2v) is 9.87. The molecule has 0 spiro atoms. The Balaban J connectivity index is 1.38. The van der Waals surface area contributed by atoms with Gasteiger partial charge in [-0.2, -0.15) is 0 Å². The van der Waals surface area contributed by atoms with Gasteiger partial charge in [0.1, 0.15) is 12.5 Å². The van der Waals surface area contributed by atoms with Crippen LogP contribution in [0.25, 0.3) is 0 Å². The molecule has 4 aromatic rings. The molecule has 3 atom stereocenters. The number of ether oxygens (including phenoxy) is 2. The first-order valence-corrected chi connectivity index (χ1v) is 13.4. The number of aryl methyl sites for hydroxylation is 1. The zero-order valence-electron chi connectivity index (χ0n) is 22.4. The average molecular weight is 535 g/mol. The maximum atomic E-state index is 14.0. The molecule has 2 heterocycles. The fraction of sp³-hybridized carbons (Fsp3) is 0.212. The molecule has 2 aliphatic heterocycles. The van der Waals surface area contributed by atoms with E-state index in [0.717, 1.165) is 22.4 Å². The molecule has 7 heteroatoms. The van der Waals surface area contributed by atoms with Gasteiger partial charge in [0.15, 0.2) is 17.6 Å². The molecule has 7 nitrogen and oxygen atoms in total. The monoisotopic (exact) mass is 534 g/mol. The third-order valence-electron chi connectivity index (χ3n) is 7.33. The molecule has 40 heavy (non-hydrogen) atoms. The zero-order valence-corrected chi connectivity index (χ0v) is 22.4. The van der Waals surface area contributed by atoms with Crippen LogP contribution >= 0.6 is 0 Å². The van der Waals surface area contributed by atoms with E-state index in [-0.39, 0.29) is 11.8 Å². The van der Waals surface area contributed by atoms with Gasteiger partial charge in [0, 0.05) is 0 Å². The Labute approximate surface area is 233 Å². The molecule has 0 saturated carbocycles. The highest BCUT2D eigenvalue weighted by Crippen LogP contribution is 2.49. The van der Waals surface area contributed by atoms with Crippen LogP contribution in [0.15, 0.2) is 103 Å². The van der Waals surface area contributed by atoms with E-state index >= 15 is 0 Å². The van der Waals surface area contributed by atoms with Gasteiger partial charge in [0.05, 0.1) is 24.0 Å². The van der Waals surface area contributed by atoms with Crippen LogP contribution in [0.2, 0.25) is 0 Å². The molecule has 0 N–H and O–H groups in total. The molecule has 4 aromatic carbocycles. The van der Waals surface area contributed by atoms with Crippen LogP contribution in [-0.2, 0) is 21.0 Å². The summed E-state index contributed by atoms with van der Waals surface area (Å²) in [6.45, 7) is 4.64. The number of nitrogens with zero attached hydrogens (tertiary/aromatic N) is 2. The van der Waals surface area contributed by atoms with Crippen molar-refractivity contribution in [3.05, 3.63) is 120 Å². The van der Waals surface area contributed by atoms with Crippen LogP contribution < -0.4 is 19.4 Å². The quantitative estimate of drug-likeness (QED) is 0.258. The third kappa shape index (κ3) is 4.58. The minimum Gasteiger partial charge on any atom is -0.490 e. The summed E-state index contributed by atoms with van der Waals surface area (Å²) in [6.07, 6.45) is -0.943. The number of rotatable bonds is 8. The number of fused-ring (bicyclic) bond motifs is 1. The van der Waals surface area contributed by atoms with E-state index in [2.05, 4.69) is 0 Å². The lowest BCUT2D eigenvalue weighted by Crippen LogP contribution is -2.37. The summed E-state index contributed by atoms with van der Waals surface area (Å²) in [5.74, 6) is -0.208. The van der Waals surface area contributed by atoms with E-state index in [1.165, 1.54) is 4.90 Å². The second-order valence-electron chi connectivity index (χ2n) is 9.87. The highest BCUT2D eigenvalue weighted by Gasteiger charge is 2.60. The van der Waals surface area contributed by atoms with Crippen molar-refractivity contribution in [1.82, 2.24) is 0 Å². The Kier molecular flexibility index (Phi) is 6.97. The number of hydrogen-bond acceptors (Lipinski definition) is 6. The van der Waals surface area contributed by atoms with Crippen LogP contribution in [0.5, 0.6) is 11.5 Å². The van der Waals surface area contributed by atoms with Crippen LogP contribution in [0, 0.1) is 12.8 Å². The number of benzene rings is 4. The summed E-state index contributed by atoms with van der Waals surface area (Å²) in [5.41, 5.74) is 4.02. The van der Waals surface area contributed by atoms with Gasteiger partial charge in [-0.15, -0.1) is 0 Å². The molecule has 0 aromatic heterocycles. The van der Waals surface area contributed by atoms with Gasteiger partial charge < -0.3 is 9.47 Å². The van der Waals surface area contributed by atoms with Gasteiger partial charge in [-0.25, -0.2) is 9.96 Å². The zero-order chi connectivity index (χ0) is 27.6. The maximum absolute atomic E-state index is 14.0. The molecule has 0 unspecified atom stereocenters. The van der Waals surface area contributed by atoms with E-state index in [1.54, 1.807) is 11.1 Å². The van der Waals surface area contributed by atoms with Gasteiger partial charge in [-0.05, 0) is 60.9 Å². The van der Waals surface area contributed by atoms with Gasteiger partial charge in [0.25, 0.3) is 5.91 Å². The van der Waals surface area contributed by atoms with Crippen LogP contribution in [0.1, 0.15) is 29.7 Å². The summed E-state index contributed by atoms with van der Waals surface area (Å²) in [4.78, 5) is 35.2. The molecule has 2 amide bonds. The highest BCUT2D eigenvalue weighted by molar-refractivity contribution is 6.24. The van der Waals surface area contributed by atoms with Gasteiger partial charge in [0.2, 0.25) is 5.91 Å². The summed E-state index contributed by atoms with van der Waals surface area (Å²) in [5, 5.41) is 1.69. The number of amides is 2. The Bertz CT molecular complexity index is 1520. The Morgan fingerprint density at radius 2 is 1.48 bits per heavy atom. The summed E-state index contributed by atoms with van der Waals surface area (Å²) in [6, 6.07) is 32.0. The van der Waals surface area contributed by atoms with Crippen molar-refractivity contribution in [1.29, 1.82) is 0 Å². The Morgan fingerprint density at radius 3 is 2.20 bits per heavy atom. The first-order chi connectivity index (χ1) is 19.6. The number of carbonyl (C=O) groups is 2. The van der Waals surface area contributed by atoms with Crippen molar-refractivity contribution in [2.75, 3.05) is 16.6 Å². The molecule has 6 rings (SSSR count). The number of carbonyl (C=O) groups excluding carboxylic acids is 2. The number of hydrogen-bond donors (Lipinski definition) is 0. The molecule has 0 aliphatic carbocycles. The van der Waals surface area contributed by atoms with Gasteiger partial charge >= 0.3 is 0 Å². The first-order valence-electron chi connectivity index (χ1n) is 13.4. The molecule has 2 saturated heterocycles. The second kappa shape index (κ2) is 10.9. The number of hydroxylamine groups is 1. The van der Waals surface area contributed by atoms with Gasteiger partial charge in [-0.1, -0.05) is 72.8 Å². The van der Waals surface area contributed by atoms with E-state index in [4.69, 9.17) is 14.3 Å². The summed E-state index contributed by atoms with van der Waals surface area (Å²) >= 11 is 0. The maximum Gasteiger partial charge on any atom is 0.266 e. The lowest BCUT2D eigenvalue weighted by Gasteiger charge is -2.29. The topological polar surface area (TPSA) is 68.3 Å². The molecule has 2 fully saturated rings. The fourth-order valence-corrected chi connectivity index (χ4v) is 5.44. The summed E-state index contributed by atoms with van der Waals surface area (Å²) in [7, 11) is 0. The minimum absolute atomic E-state index is 0.282. The number of para-hydroxylation sites is 2. The summed E-state index contributed by atoms with van der Waals surface area (Å²) < 4.78 is 12.1. The minimum atomic E-state index is -0.943. The molecular weight excluding hydrogens is 504 g/mol.